The molecular formula is C93H120N18O15. The third-order valence-corrected chi connectivity index (χ3v) is 25.8. The number of aliphatic hydroxyl groups is 1. The minimum atomic E-state index is -1.09. The largest absolute Gasteiger partial charge is 0.460 e. The number of nitrogen functional groups attached to an aromatic ring is 2. The lowest BCUT2D eigenvalue weighted by molar-refractivity contribution is -0.167. The molecule has 4 saturated heterocycles. The number of piperazine rings is 2. The number of ether oxygens (including phenoxy) is 5. The first kappa shape index (κ1) is 91.0. The van der Waals surface area contributed by atoms with E-state index in [1.165, 1.54) is 11.2 Å². The molecule has 33 nitrogen and oxygen atoms in total. The van der Waals surface area contributed by atoms with Gasteiger partial charge in [-0.1, -0.05) is 75.4 Å². The second-order valence-corrected chi connectivity index (χ2v) is 34.9. The molecule has 0 spiro atoms. The zero-order valence-corrected chi connectivity index (χ0v) is 73.2. The van der Waals surface area contributed by atoms with Crippen LogP contribution in [-0.2, 0) is 78.5 Å². The number of oxazole rings is 1. The Labute approximate surface area is 734 Å². The van der Waals surface area contributed by atoms with E-state index in [0.717, 1.165) is 60.3 Å². The average molecular weight is 1730 g/mol. The molecule has 5 fully saturated rings. The maximum atomic E-state index is 14.5. The van der Waals surface area contributed by atoms with Gasteiger partial charge in [-0.25, -0.2) is 44.2 Å². The number of aromatic nitrogens is 9. The van der Waals surface area contributed by atoms with E-state index < -0.39 is 54.0 Å². The van der Waals surface area contributed by atoms with Crippen molar-refractivity contribution in [2.45, 2.75) is 212 Å². The number of piperidine rings is 1. The molecule has 2 bridgehead atoms. The molecule has 7 aromatic rings. The van der Waals surface area contributed by atoms with Crippen LogP contribution in [0.1, 0.15) is 176 Å². The van der Waals surface area contributed by atoms with E-state index in [2.05, 4.69) is 68.2 Å². The Balaban J connectivity index is 0.474. The number of Topliss-reactive ketones (excluding diaryl/α,β-unsaturated/α-hetero) is 3. The number of allylic oxidation sites excluding steroid dienone is 6. The third kappa shape index (κ3) is 23.5. The first-order valence-corrected chi connectivity index (χ1v) is 44.8. The van der Waals surface area contributed by atoms with Gasteiger partial charge < -0.3 is 74.5 Å². The van der Waals surface area contributed by atoms with Crippen LogP contribution in [0.4, 0.5) is 28.5 Å². The molecule has 4 amide bonds. The summed E-state index contributed by atoms with van der Waals surface area (Å²) < 4.78 is 37.7. The van der Waals surface area contributed by atoms with Gasteiger partial charge >= 0.3 is 12.1 Å². The van der Waals surface area contributed by atoms with Crippen molar-refractivity contribution in [3.63, 3.8) is 0 Å². The lowest BCUT2D eigenvalue weighted by atomic mass is 9.83. The molecule has 9 atom stereocenters. The van der Waals surface area contributed by atoms with Gasteiger partial charge in [-0.3, -0.25) is 33.7 Å². The van der Waals surface area contributed by atoms with Crippen molar-refractivity contribution in [3.8, 4) is 11.3 Å². The number of ketones is 3. The van der Waals surface area contributed by atoms with Crippen LogP contribution in [0.25, 0.3) is 33.4 Å². The highest BCUT2D eigenvalue weighted by atomic mass is 16.6. The molecule has 0 radical (unpaired) electrons. The topological polar surface area (TPSA) is 408 Å². The summed E-state index contributed by atoms with van der Waals surface area (Å²) in [6.07, 6.45) is 23.7. The first-order valence-electron chi connectivity index (χ1n) is 44.8. The Morgan fingerprint density at radius 1 is 0.706 bits per heavy atom. The van der Waals surface area contributed by atoms with E-state index in [-0.39, 0.29) is 97.8 Å². The molecule has 7 aliphatic rings. The summed E-state index contributed by atoms with van der Waals surface area (Å²) in [6, 6.07) is 10.9. The number of esters is 1. The van der Waals surface area contributed by atoms with Gasteiger partial charge in [0, 0.05) is 159 Å². The van der Waals surface area contributed by atoms with Crippen molar-refractivity contribution >= 4 is 93.0 Å². The number of hydrogen-bond acceptors (Lipinski definition) is 28. The third-order valence-electron chi connectivity index (χ3n) is 25.8. The number of benzene rings is 2. The minimum absolute atomic E-state index is 0.0278. The number of anilines is 4. The highest BCUT2D eigenvalue weighted by Crippen LogP contribution is 2.37. The Morgan fingerprint density at radius 2 is 1.46 bits per heavy atom. The van der Waals surface area contributed by atoms with Gasteiger partial charge in [-0.15, -0.1) is 0 Å². The van der Waals surface area contributed by atoms with Crippen LogP contribution in [0.5, 0.6) is 0 Å². The molecule has 33 heteroatoms. The number of fused-ring (bicyclic) bond motifs is 6. The number of amides is 4. The van der Waals surface area contributed by atoms with Gasteiger partial charge in [0.2, 0.25) is 23.6 Å². The maximum absolute atomic E-state index is 14.5. The van der Waals surface area contributed by atoms with Crippen LogP contribution in [0, 0.1) is 23.7 Å². The van der Waals surface area contributed by atoms with Crippen molar-refractivity contribution in [1.82, 2.24) is 69.6 Å². The summed E-state index contributed by atoms with van der Waals surface area (Å²) in [4.78, 5) is 154. The standard InChI is InChI=1S/C93H120N18O15/c1-58-13-8-7-9-14-59(2)80(121-6)48-71-15-12-17-79(123-71)84(116)88(118)110-30-11-10-16-74(110)89(119)124-72(47-75(112)61(4)44-62(5)77(114)49-76(113)60(3)43-58)26-21-63-19-24-70(25-20-63)125-93(120)100-52-65-50-96-91(97-51-65)108-38-36-106(37-39-108)81(115)29-41-122-42-40-105-32-34-107(35-33-105)92-98-53-69(54-99-92)87(117)109-31-28-66-45-64(18-22-68(66)56-109)55-111-86-82(85(94)101-57-102-86)83(104-111)67-23-27-78-73(46-67)103-90(95)126-78/h7-9,13-14,18,22-23,27,44-46,50-51,53-54,57-58,60-61,63,70-72,74,77,79-80,114H,10-12,15-17,19-21,24-26,28-43,47-49,52,55-56H2,1-6H3,(H2,95,103)(H,100,120)(H2,94,101,102)/b9-7+,13-8+,59-14+,62-44+/t58-,60-,61-,63-,70-,71?,72-,74+,77+,79?,80+/m1/s1. The molecule has 6 aliphatic heterocycles. The summed E-state index contributed by atoms with van der Waals surface area (Å²) in [5.41, 5.74) is 21.2. The van der Waals surface area contributed by atoms with Crippen molar-refractivity contribution in [2.24, 2.45) is 23.7 Å². The maximum Gasteiger partial charge on any atom is 0.407 e. The van der Waals surface area contributed by atoms with Gasteiger partial charge in [0.05, 0.1) is 55.4 Å². The second kappa shape index (κ2) is 42.8. The number of aliphatic hydroxyl groups excluding tert-OH is 1. The summed E-state index contributed by atoms with van der Waals surface area (Å²) in [5, 5.41) is 19.7. The molecule has 1 saturated carbocycles. The zero-order chi connectivity index (χ0) is 88.5. The number of hydrogen-bond donors (Lipinski definition) is 4. The first-order chi connectivity index (χ1) is 60.9. The predicted molar refractivity (Wildman–Crippen MR) is 472 cm³/mol. The number of carbonyl (C=O) groups excluding carboxylic acids is 8. The van der Waals surface area contributed by atoms with Gasteiger partial charge in [0.25, 0.3) is 17.8 Å². The van der Waals surface area contributed by atoms with Crippen molar-refractivity contribution in [3.05, 3.63) is 143 Å². The van der Waals surface area contributed by atoms with E-state index >= 15 is 0 Å². The SMILES string of the molecule is CO[C@H]1CC2CCCC(O2)C(=O)C(=O)N2CCCC[C@H]2C(=O)O[C@H](CC[C@H]2CC[C@H](OC(=O)NCc3cnc(N4CCN(C(=O)CCOCCN5CCN(c6ncc(C(=O)N7CCc8cc(Cn9nc(-c%10ccc%11oc(N)nc%11c%10)c%10c(N)ncnc%109)ccc8C7)cn6)CC5)CC4)nc3)CC2)CC(=O)[C@H](C)/C=C(\C)[C@@H](O)CC(=O)[C@H](C)C[C@H](C)/C=C/C=C/C=C/1C. The molecule has 2 aromatic carbocycles. The Morgan fingerprint density at radius 3 is 2.22 bits per heavy atom. The molecule has 126 heavy (non-hydrogen) atoms. The fourth-order valence-electron chi connectivity index (χ4n) is 18.2. The predicted octanol–water partition coefficient (Wildman–Crippen LogP) is 9.87. The quantitative estimate of drug-likeness (QED) is 0.0253. The number of cyclic esters (lactones) is 1. The Hall–Kier alpha value is -11.3. The summed E-state index contributed by atoms with van der Waals surface area (Å²) in [6.45, 7) is 17.8. The Kier molecular flexibility index (Phi) is 30.9. The molecule has 1 aliphatic carbocycles. The van der Waals surface area contributed by atoms with E-state index in [4.69, 9.17) is 44.7 Å². The molecule has 11 heterocycles. The lowest BCUT2D eigenvalue weighted by Crippen LogP contribution is -2.54. The van der Waals surface area contributed by atoms with E-state index in [1.807, 2.05) is 82.7 Å². The van der Waals surface area contributed by atoms with E-state index in [9.17, 15) is 43.5 Å². The van der Waals surface area contributed by atoms with Crippen LogP contribution >= 0.6 is 0 Å². The average Bonchev–Trinajstić information content (AvgIpc) is 1.15. The fraction of sp³-hybridized carbons (Fsp3) is 0.548. The number of nitrogens with zero attached hydrogens (tertiary/aromatic N) is 15. The number of carbonyl (C=O) groups is 8. The van der Waals surface area contributed by atoms with Crippen LogP contribution in [0.3, 0.4) is 0 Å². The van der Waals surface area contributed by atoms with Gasteiger partial charge in [-0.05, 0) is 162 Å². The van der Waals surface area contributed by atoms with Crippen LogP contribution in [-0.4, -0.2) is 251 Å². The number of nitrogens with two attached hydrogens (primary N) is 2. The van der Waals surface area contributed by atoms with Crippen molar-refractivity contribution < 1.29 is 71.6 Å². The summed E-state index contributed by atoms with van der Waals surface area (Å²) >= 11 is 0. The molecule has 14 rings (SSSR count). The number of alkyl carbamates (subject to hydrolysis) is 1. The van der Waals surface area contributed by atoms with Crippen molar-refractivity contribution in [2.75, 3.05) is 114 Å². The van der Waals surface area contributed by atoms with E-state index in [1.54, 1.807) is 57.9 Å². The van der Waals surface area contributed by atoms with Gasteiger partial charge in [0.1, 0.15) is 59.3 Å². The highest BCUT2D eigenvalue weighted by molar-refractivity contribution is 6.38. The van der Waals surface area contributed by atoms with Crippen LogP contribution in [0.2, 0.25) is 0 Å². The summed E-state index contributed by atoms with van der Waals surface area (Å²) in [7, 11) is 1.63. The number of methoxy groups -OCH3 is 1. The number of rotatable bonds is 19. The second-order valence-electron chi connectivity index (χ2n) is 34.9. The molecule has 672 valence electrons. The van der Waals surface area contributed by atoms with Crippen LogP contribution < -0.4 is 26.6 Å². The molecule has 5 aromatic heterocycles. The monoisotopic (exact) mass is 1730 g/mol. The molecular weight excluding hydrogens is 1610 g/mol. The Bertz CT molecular complexity index is 5120. The summed E-state index contributed by atoms with van der Waals surface area (Å²) in [5.74, 6) is -1.87. The van der Waals surface area contributed by atoms with Crippen molar-refractivity contribution in [1.29, 1.82) is 0 Å². The van der Waals surface area contributed by atoms with Crippen LogP contribution in [0.15, 0.2) is 120 Å². The van der Waals surface area contributed by atoms with Gasteiger partial charge in [0.15, 0.2) is 11.2 Å². The molecule has 2 unspecified atom stereocenters. The highest BCUT2D eigenvalue weighted by Gasteiger charge is 2.42. The lowest BCUT2D eigenvalue weighted by Gasteiger charge is -2.36. The molecule has 6 N–H and O–H groups in total. The zero-order valence-electron chi connectivity index (χ0n) is 73.2. The fourth-order valence-corrected chi connectivity index (χ4v) is 18.2. The van der Waals surface area contributed by atoms with E-state index in [0.29, 0.717) is 218 Å². The number of nitrogens with one attached hydrogen (secondary N) is 1. The normalized spacial score (nSPS) is 26.0. The van der Waals surface area contributed by atoms with Gasteiger partial charge in [-0.2, -0.15) is 10.1 Å². The smallest absolute Gasteiger partial charge is 0.407 e. The minimum Gasteiger partial charge on any atom is -0.460 e.